The van der Waals surface area contributed by atoms with E-state index in [1.807, 2.05) is 0 Å². The van der Waals surface area contributed by atoms with Gasteiger partial charge in [0.1, 0.15) is 12.3 Å². The molecule has 2 aromatic carbocycles. The van der Waals surface area contributed by atoms with Gasteiger partial charge in [-0.15, -0.1) is 0 Å². The summed E-state index contributed by atoms with van der Waals surface area (Å²) in [5.41, 5.74) is 0.889. The number of carbonyl (C=O) groups excluding carboxylic acids is 2. The predicted molar refractivity (Wildman–Crippen MR) is 123 cm³/mol. The third-order valence-electron chi connectivity index (χ3n) is 4.90. The van der Waals surface area contributed by atoms with Crippen LogP contribution >= 0.6 is 11.6 Å². The lowest BCUT2D eigenvalue weighted by atomic mass is 10.0. The summed E-state index contributed by atoms with van der Waals surface area (Å²) in [4.78, 5) is 42.8. The molecule has 160 valence electrons. The summed E-state index contributed by atoms with van der Waals surface area (Å²) < 4.78 is 6.81. The topological polar surface area (TPSA) is 90.3 Å². The maximum Gasteiger partial charge on any atom is 0.244 e. The van der Waals surface area contributed by atoms with Crippen molar-refractivity contribution in [3.05, 3.63) is 99.6 Å². The standard InChI is InChI=1S/C24H18ClN3O4/c1-32-18-5-6-21-19(12-18)24(31)20(23(30)15-7-9-26-10-8-15)13-28(21)14-22(29)27-17-4-2-3-16(25)11-17/h2-13H,14H2,1H3,(H,27,29). The van der Waals surface area contributed by atoms with Crippen molar-refractivity contribution in [1.82, 2.24) is 9.55 Å². The molecule has 0 unspecified atom stereocenters. The van der Waals surface area contributed by atoms with Crippen LogP contribution in [0.4, 0.5) is 5.69 Å². The number of rotatable bonds is 6. The molecule has 1 amide bonds. The zero-order valence-electron chi connectivity index (χ0n) is 17.0. The van der Waals surface area contributed by atoms with Crippen LogP contribution in [0.1, 0.15) is 15.9 Å². The Hall–Kier alpha value is -3.97. The second-order valence-electron chi connectivity index (χ2n) is 7.01. The zero-order chi connectivity index (χ0) is 22.7. The number of nitrogens with one attached hydrogen (secondary N) is 1. The van der Waals surface area contributed by atoms with Crippen LogP contribution < -0.4 is 15.5 Å². The van der Waals surface area contributed by atoms with Crippen LogP contribution in [0.3, 0.4) is 0 Å². The number of benzene rings is 2. The Kier molecular flexibility index (Phi) is 6.00. The molecule has 0 aliphatic rings. The van der Waals surface area contributed by atoms with Crippen molar-refractivity contribution >= 4 is 39.9 Å². The largest absolute Gasteiger partial charge is 0.497 e. The van der Waals surface area contributed by atoms with Gasteiger partial charge in [-0.05, 0) is 48.5 Å². The Morgan fingerprint density at radius 1 is 1.09 bits per heavy atom. The molecule has 0 spiro atoms. The average molecular weight is 448 g/mol. The highest BCUT2D eigenvalue weighted by atomic mass is 35.5. The minimum Gasteiger partial charge on any atom is -0.497 e. The van der Waals surface area contributed by atoms with Gasteiger partial charge in [0.05, 0.1) is 23.6 Å². The highest BCUT2D eigenvalue weighted by Gasteiger charge is 2.19. The summed E-state index contributed by atoms with van der Waals surface area (Å²) in [7, 11) is 1.49. The van der Waals surface area contributed by atoms with Crippen molar-refractivity contribution in [1.29, 1.82) is 0 Å². The lowest BCUT2D eigenvalue weighted by molar-refractivity contribution is -0.116. The number of fused-ring (bicyclic) bond motifs is 1. The lowest BCUT2D eigenvalue weighted by Gasteiger charge is -2.14. The van der Waals surface area contributed by atoms with Gasteiger partial charge in [0.2, 0.25) is 11.3 Å². The Bertz CT molecular complexity index is 1380. The van der Waals surface area contributed by atoms with Gasteiger partial charge in [0, 0.05) is 34.9 Å². The number of methoxy groups -OCH3 is 1. The number of carbonyl (C=O) groups is 2. The molecule has 7 nitrogen and oxygen atoms in total. The molecule has 0 aliphatic carbocycles. The molecular weight excluding hydrogens is 430 g/mol. The van der Waals surface area contributed by atoms with Crippen LogP contribution in [0, 0.1) is 0 Å². The van der Waals surface area contributed by atoms with Crippen LogP contribution in [0.25, 0.3) is 10.9 Å². The Labute approximate surface area is 188 Å². The SMILES string of the molecule is COc1ccc2c(c1)c(=O)c(C(=O)c1ccncc1)cn2CC(=O)Nc1cccc(Cl)c1. The predicted octanol–water partition coefficient (Wildman–Crippen LogP) is 3.93. The van der Waals surface area contributed by atoms with E-state index < -0.39 is 11.2 Å². The molecule has 0 saturated carbocycles. The second kappa shape index (κ2) is 9.03. The van der Waals surface area contributed by atoms with Crippen molar-refractivity contribution in [3.63, 3.8) is 0 Å². The van der Waals surface area contributed by atoms with Gasteiger partial charge in [0.15, 0.2) is 5.78 Å². The molecule has 0 fully saturated rings. The summed E-state index contributed by atoms with van der Waals surface area (Å²) >= 11 is 5.98. The molecule has 4 rings (SSSR count). The fourth-order valence-corrected chi connectivity index (χ4v) is 3.57. The molecule has 0 bridgehead atoms. The third-order valence-corrected chi connectivity index (χ3v) is 5.13. The first kappa shape index (κ1) is 21.3. The van der Waals surface area contributed by atoms with Crippen LogP contribution in [0.5, 0.6) is 5.75 Å². The average Bonchev–Trinajstić information content (AvgIpc) is 2.80. The number of ketones is 1. The molecule has 8 heteroatoms. The van der Waals surface area contributed by atoms with E-state index in [1.54, 1.807) is 47.0 Å². The van der Waals surface area contributed by atoms with Gasteiger partial charge in [-0.3, -0.25) is 19.4 Å². The molecule has 32 heavy (non-hydrogen) atoms. The summed E-state index contributed by atoms with van der Waals surface area (Å²) in [6.07, 6.45) is 4.38. The summed E-state index contributed by atoms with van der Waals surface area (Å²) in [6.45, 7) is -0.119. The Balaban J connectivity index is 1.78. The van der Waals surface area contributed by atoms with E-state index in [-0.39, 0.29) is 23.4 Å². The quantitative estimate of drug-likeness (QED) is 0.452. The third kappa shape index (κ3) is 4.38. The van der Waals surface area contributed by atoms with Gasteiger partial charge >= 0.3 is 0 Å². The molecule has 4 aromatic rings. The molecule has 2 aromatic heterocycles. The van der Waals surface area contributed by atoms with Crippen LogP contribution in [-0.4, -0.2) is 28.4 Å². The fourth-order valence-electron chi connectivity index (χ4n) is 3.38. The number of aromatic nitrogens is 2. The summed E-state index contributed by atoms with van der Waals surface area (Å²) in [6, 6.07) is 14.8. The second-order valence-corrected chi connectivity index (χ2v) is 7.44. The highest BCUT2D eigenvalue weighted by molar-refractivity contribution is 6.30. The highest BCUT2D eigenvalue weighted by Crippen LogP contribution is 2.21. The number of pyridine rings is 2. The number of hydrogen-bond donors (Lipinski definition) is 1. The first-order chi connectivity index (χ1) is 15.5. The van der Waals surface area contributed by atoms with Crippen LogP contribution in [-0.2, 0) is 11.3 Å². The van der Waals surface area contributed by atoms with Crippen LogP contribution in [0.15, 0.2) is 78.0 Å². The van der Waals surface area contributed by atoms with Gasteiger partial charge < -0.3 is 14.6 Å². The fraction of sp³-hybridized carbons (Fsp3) is 0.0833. The number of nitrogens with zero attached hydrogens (tertiary/aromatic N) is 2. The molecule has 0 saturated heterocycles. The minimum absolute atomic E-state index is 0.0486. The maximum absolute atomic E-state index is 13.2. The number of hydrogen-bond acceptors (Lipinski definition) is 5. The maximum atomic E-state index is 13.2. The van der Waals surface area contributed by atoms with E-state index in [4.69, 9.17) is 16.3 Å². The van der Waals surface area contributed by atoms with Gasteiger partial charge in [-0.1, -0.05) is 17.7 Å². The molecule has 0 aliphatic heterocycles. The van der Waals surface area contributed by atoms with Gasteiger partial charge in [-0.2, -0.15) is 0 Å². The minimum atomic E-state index is -0.453. The number of anilines is 1. The zero-order valence-corrected chi connectivity index (χ0v) is 17.8. The van der Waals surface area contributed by atoms with Crippen molar-refractivity contribution in [3.8, 4) is 5.75 Å². The molecule has 0 radical (unpaired) electrons. The van der Waals surface area contributed by atoms with E-state index >= 15 is 0 Å². The van der Waals surface area contributed by atoms with E-state index in [1.165, 1.54) is 37.8 Å². The Morgan fingerprint density at radius 2 is 1.88 bits per heavy atom. The van der Waals surface area contributed by atoms with Crippen LogP contribution in [0.2, 0.25) is 5.02 Å². The van der Waals surface area contributed by atoms with Crippen molar-refractivity contribution in [2.75, 3.05) is 12.4 Å². The normalized spacial score (nSPS) is 10.7. The first-order valence-electron chi connectivity index (χ1n) is 9.67. The van der Waals surface area contributed by atoms with Crippen molar-refractivity contribution in [2.45, 2.75) is 6.54 Å². The molecular formula is C24H18ClN3O4. The van der Waals surface area contributed by atoms with E-state index in [0.29, 0.717) is 27.5 Å². The van der Waals surface area contributed by atoms with Crippen molar-refractivity contribution in [2.24, 2.45) is 0 Å². The molecule has 1 N–H and O–H groups in total. The van der Waals surface area contributed by atoms with Crippen molar-refractivity contribution < 1.29 is 14.3 Å². The monoisotopic (exact) mass is 447 g/mol. The van der Waals surface area contributed by atoms with E-state index in [9.17, 15) is 14.4 Å². The lowest BCUT2D eigenvalue weighted by Crippen LogP contribution is -2.24. The molecule has 0 atom stereocenters. The van der Waals surface area contributed by atoms with Gasteiger partial charge in [0.25, 0.3) is 0 Å². The van der Waals surface area contributed by atoms with E-state index in [2.05, 4.69) is 10.3 Å². The smallest absolute Gasteiger partial charge is 0.244 e. The summed E-state index contributed by atoms with van der Waals surface area (Å²) in [5, 5.41) is 3.55. The first-order valence-corrected chi connectivity index (χ1v) is 10.1. The number of ether oxygens (including phenoxy) is 1. The van der Waals surface area contributed by atoms with E-state index in [0.717, 1.165) is 0 Å². The van der Waals surface area contributed by atoms with Gasteiger partial charge in [-0.25, -0.2) is 0 Å². The molecule has 2 heterocycles. The number of amides is 1. The Morgan fingerprint density at radius 3 is 2.59 bits per heavy atom. The summed E-state index contributed by atoms with van der Waals surface area (Å²) in [5.74, 6) is -0.320. The number of halogens is 1.